The molecule has 3 rings (SSSR count). The Bertz CT molecular complexity index is 610. The SMILES string of the molecule is Cc1nc(Br)ccc1NCc1cccc2c1NCC2. The first-order chi connectivity index (χ1) is 9.24. The van der Waals surface area contributed by atoms with E-state index in [1.165, 1.54) is 16.8 Å². The van der Waals surface area contributed by atoms with E-state index in [2.05, 4.69) is 55.8 Å². The van der Waals surface area contributed by atoms with E-state index in [9.17, 15) is 0 Å². The normalized spacial score (nSPS) is 12.9. The van der Waals surface area contributed by atoms with Crippen LogP contribution in [0.2, 0.25) is 0 Å². The lowest BCUT2D eigenvalue weighted by molar-refractivity contribution is 1.10. The Kier molecular flexibility index (Phi) is 3.42. The molecule has 19 heavy (non-hydrogen) atoms. The van der Waals surface area contributed by atoms with Gasteiger partial charge in [0.1, 0.15) is 4.60 Å². The Morgan fingerprint density at radius 3 is 3.05 bits per heavy atom. The molecule has 0 radical (unpaired) electrons. The van der Waals surface area contributed by atoms with E-state index in [0.29, 0.717) is 0 Å². The van der Waals surface area contributed by atoms with Gasteiger partial charge in [0.2, 0.25) is 0 Å². The Balaban J connectivity index is 1.78. The zero-order chi connectivity index (χ0) is 13.2. The van der Waals surface area contributed by atoms with Crippen molar-refractivity contribution in [3.8, 4) is 0 Å². The van der Waals surface area contributed by atoms with Crippen LogP contribution in [-0.2, 0) is 13.0 Å². The molecule has 1 aromatic carbocycles. The number of hydrogen-bond donors (Lipinski definition) is 2. The highest BCUT2D eigenvalue weighted by Gasteiger charge is 2.13. The number of rotatable bonds is 3. The summed E-state index contributed by atoms with van der Waals surface area (Å²) in [6.07, 6.45) is 1.13. The summed E-state index contributed by atoms with van der Waals surface area (Å²) in [7, 11) is 0. The number of anilines is 2. The van der Waals surface area contributed by atoms with Gasteiger partial charge in [0.05, 0.1) is 11.4 Å². The Morgan fingerprint density at radius 1 is 1.32 bits per heavy atom. The lowest BCUT2D eigenvalue weighted by Crippen LogP contribution is -2.04. The van der Waals surface area contributed by atoms with Crippen LogP contribution in [0.25, 0.3) is 0 Å². The molecule has 1 aliphatic rings. The largest absolute Gasteiger partial charge is 0.384 e. The van der Waals surface area contributed by atoms with Crippen molar-refractivity contribution in [3.05, 3.63) is 51.8 Å². The molecule has 0 atom stereocenters. The van der Waals surface area contributed by atoms with Crippen molar-refractivity contribution < 1.29 is 0 Å². The highest BCUT2D eigenvalue weighted by Crippen LogP contribution is 2.27. The van der Waals surface area contributed by atoms with Crippen LogP contribution >= 0.6 is 15.9 Å². The topological polar surface area (TPSA) is 37.0 Å². The van der Waals surface area contributed by atoms with Crippen LogP contribution in [0.15, 0.2) is 34.9 Å². The maximum Gasteiger partial charge on any atom is 0.106 e. The van der Waals surface area contributed by atoms with E-state index in [1.807, 2.05) is 13.0 Å². The van der Waals surface area contributed by atoms with Gasteiger partial charge in [0.25, 0.3) is 0 Å². The number of nitrogens with zero attached hydrogens (tertiary/aromatic N) is 1. The van der Waals surface area contributed by atoms with Crippen LogP contribution in [0.5, 0.6) is 0 Å². The summed E-state index contributed by atoms with van der Waals surface area (Å²) in [6, 6.07) is 10.5. The smallest absolute Gasteiger partial charge is 0.106 e. The van der Waals surface area contributed by atoms with Crippen LogP contribution < -0.4 is 10.6 Å². The first kappa shape index (κ1) is 12.5. The molecule has 0 fully saturated rings. The second-order valence-electron chi connectivity index (χ2n) is 4.75. The summed E-state index contributed by atoms with van der Waals surface area (Å²) in [5.74, 6) is 0. The lowest BCUT2D eigenvalue weighted by Gasteiger charge is -2.12. The Labute approximate surface area is 121 Å². The van der Waals surface area contributed by atoms with E-state index < -0.39 is 0 Å². The molecule has 2 heterocycles. The van der Waals surface area contributed by atoms with Crippen molar-refractivity contribution >= 4 is 27.3 Å². The molecule has 0 saturated carbocycles. The molecule has 0 bridgehead atoms. The monoisotopic (exact) mass is 317 g/mol. The quantitative estimate of drug-likeness (QED) is 0.847. The van der Waals surface area contributed by atoms with E-state index in [0.717, 1.165) is 35.5 Å². The van der Waals surface area contributed by atoms with Crippen LogP contribution in [0.4, 0.5) is 11.4 Å². The van der Waals surface area contributed by atoms with Gasteiger partial charge in [-0.25, -0.2) is 4.98 Å². The van der Waals surface area contributed by atoms with Gasteiger partial charge in [-0.05, 0) is 52.5 Å². The zero-order valence-electron chi connectivity index (χ0n) is 10.8. The summed E-state index contributed by atoms with van der Waals surface area (Å²) in [4.78, 5) is 4.40. The highest BCUT2D eigenvalue weighted by molar-refractivity contribution is 9.10. The number of para-hydroxylation sites is 1. The summed E-state index contributed by atoms with van der Waals surface area (Å²) >= 11 is 3.38. The molecule has 0 spiro atoms. The maximum atomic E-state index is 4.40. The van der Waals surface area contributed by atoms with E-state index >= 15 is 0 Å². The Hall–Kier alpha value is -1.55. The Morgan fingerprint density at radius 2 is 2.21 bits per heavy atom. The van der Waals surface area contributed by atoms with Gasteiger partial charge in [-0.2, -0.15) is 0 Å². The molecule has 98 valence electrons. The average molecular weight is 318 g/mol. The summed E-state index contributed by atoms with van der Waals surface area (Å²) in [5.41, 5.74) is 6.13. The molecule has 3 nitrogen and oxygen atoms in total. The molecule has 0 aliphatic carbocycles. The number of pyridine rings is 1. The molecular weight excluding hydrogens is 302 g/mol. The van der Waals surface area contributed by atoms with Gasteiger partial charge in [0.15, 0.2) is 0 Å². The second kappa shape index (κ2) is 5.21. The van der Waals surface area contributed by atoms with Gasteiger partial charge in [-0.3, -0.25) is 0 Å². The lowest BCUT2D eigenvalue weighted by atomic mass is 10.1. The molecule has 0 amide bonds. The number of aryl methyl sites for hydroxylation is 1. The fourth-order valence-corrected chi connectivity index (χ4v) is 2.86. The van der Waals surface area contributed by atoms with E-state index in [-0.39, 0.29) is 0 Å². The standard InChI is InChI=1S/C15H16BrN3/c1-10-13(5-6-14(16)19-10)18-9-12-4-2-3-11-7-8-17-15(11)12/h2-6,17-18H,7-9H2,1H3. The first-order valence-corrected chi connectivity index (χ1v) is 7.25. The first-order valence-electron chi connectivity index (χ1n) is 6.46. The minimum absolute atomic E-state index is 0.820. The molecule has 4 heteroatoms. The van der Waals surface area contributed by atoms with Gasteiger partial charge < -0.3 is 10.6 Å². The molecule has 1 aliphatic heterocycles. The number of aromatic nitrogens is 1. The summed E-state index contributed by atoms with van der Waals surface area (Å²) in [6.45, 7) is 3.88. The van der Waals surface area contributed by atoms with Crippen molar-refractivity contribution in [3.63, 3.8) is 0 Å². The van der Waals surface area contributed by atoms with Crippen LogP contribution in [0, 0.1) is 6.92 Å². The summed E-state index contributed by atoms with van der Waals surface area (Å²) in [5, 5.41) is 6.93. The molecular formula is C15H16BrN3. The predicted molar refractivity (Wildman–Crippen MR) is 82.6 cm³/mol. The molecule has 2 aromatic rings. The number of fused-ring (bicyclic) bond motifs is 1. The third-order valence-electron chi connectivity index (χ3n) is 3.45. The van der Waals surface area contributed by atoms with Gasteiger partial charge in [0, 0.05) is 18.8 Å². The van der Waals surface area contributed by atoms with Crippen molar-refractivity contribution in [2.24, 2.45) is 0 Å². The van der Waals surface area contributed by atoms with Crippen molar-refractivity contribution in [2.45, 2.75) is 19.9 Å². The number of benzene rings is 1. The fraction of sp³-hybridized carbons (Fsp3) is 0.267. The van der Waals surface area contributed by atoms with Crippen molar-refractivity contribution in [1.29, 1.82) is 0 Å². The van der Waals surface area contributed by atoms with Crippen molar-refractivity contribution in [1.82, 2.24) is 4.98 Å². The molecule has 0 unspecified atom stereocenters. The number of hydrogen-bond acceptors (Lipinski definition) is 3. The average Bonchev–Trinajstić information content (AvgIpc) is 2.86. The van der Waals surface area contributed by atoms with Crippen LogP contribution in [-0.4, -0.2) is 11.5 Å². The fourth-order valence-electron chi connectivity index (χ4n) is 2.47. The van der Waals surface area contributed by atoms with Gasteiger partial charge in [-0.15, -0.1) is 0 Å². The van der Waals surface area contributed by atoms with Crippen LogP contribution in [0.3, 0.4) is 0 Å². The molecule has 1 aromatic heterocycles. The minimum atomic E-state index is 0.820. The highest BCUT2D eigenvalue weighted by atomic mass is 79.9. The van der Waals surface area contributed by atoms with E-state index in [4.69, 9.17) is 0 Å². The predicted octanol–water partition coefficient (Wildman–Crippen LogP) is 3.73. The van der Waals surface area contributed by atoms with Gasteiger partial charge in [-0.1, -0.05) is 18.2 Å². The van der Waals surface area contributed by atoms with Gasteiger partial charge >= 0.3 is 0 Å². The third-order valence-corrected chi connectivity index (χ3v) is 3.90. The minimum Gasteiger partial charge on any atom is -0.384 e. The zero-order valence-corrected chi connectivity index (χ0v) is 12.4. The number of nitrogens with one attached hydrogen (secondary N) is 2. The van der Waals surface area contributed by atoms with E-state index in [1.54, 1.807) is 0 Å². The third kappa shape index (κ3) is 2.59. The molecule has 2 N–H and O–H groups in total. The maximum absolute atomic E-state index is 4.40. The number of halogens is 1. The summed E-state index contributed by atoms with van der Waals surface area (Å²) < 4.78 is 0.873. The van der Waals surface area contributed by atoms with Crippen LogP contribution in [0.1, 0.15) is 16.8 Å². The second-order valence-corrected chi connectivity index (χ2v) is 5.56. The molecule has 0 saturated heterocycles. The van der Waals surface area contributed by atoms with Crippen molar-refractivity contribution in [2.75, 3.05) is 17.2 Å².